The van der Waals surface area contributed by atoms with Gasteiger partial charge in [-0.1, -0.05) is 120 Å². The van der Waals surface area contributed by atoms with E-state index < -0.39 is 46.9 Å². The Morgan fingerprint density at radius 2 is 1.56 bits per heavy atom. The van der Waals surface area contributed by atoms with Crippen LogP contribution in [0.25, 0.3) is 0 Å². The summed E-state index contributed by atoms with van der Waals surface area (Å²) in [7, 11) is 1.26. The molecule has 2 heterocycles. The molecule has 0 spiro atoms. The van der Waals surface area contributed by atoms with Gasteiger partial charge in [0.05, 0.1) is 19.1 Å². The van der Waals surface area contributed by atoms with Crippen LogP contribution in [0.1, 0.15) is 152 Å². The summed E-state index contributed by atoms with van der Waals surface area (Å²) in [6, 6.07) is 8.37. The Bertz CT molecular complexity index is 1540. The van der Waals surface area contributed by atoms with E-state index in [1.54, 1.807) is 4.90 Å². The number of likely N-dealkylation sites (tertiary alicyclic amines) is 1. The highest BCUT2D eigenvalue weighted by Crippen LogP contribution is 2.38. The van der Waals surface area contributed by atoms with Crippen molar-refractivity contribution in [1.29, 1.82) is 0 Å². The van der Waals surface area contributed by atoms with Crippen LogP contribution in [0.15, 0.2) is 42.5 Å². The number of allylic oxidation sites excluding steroid dienone is 1. The third kappa shape index (κ3) is 18.4. The number of hydrogen-bond acceptors (Lipinski definition) is 9. The molecule has 2 fully saturated rings. The van der Waals surface area contributed by atoms with Gasteiger partial charge >= 0.3 is 11.9 Å². The molecule has 0 saturated carbocycles. The summed E-state index contributed by atoms with van der Waals surface area (Å²) in [5.41, 5.74) is -0.0297. The molecule has 2 aliphatic rings. The molecular weight excluding hydrogens is 885 g/mol. The molecule has 2 aliphatic heterocycles. The van der Waals surface area contributed by atoms with Gasteiger partial charge in [0.1, 0.15) is 12.1 Å². The SMILES string of the molecule is CCC(C)I.COC(=O)[C@H](CCCCC(=O)OC1CC(C)(C)N(O)C(C)(C)C1)NC(=O)[C@@H](CC(=O)[C@@H]1CCCN1C(=O)[C@H](/C=C/[C@@H](C)CC(C)C)Cc1ccccc1)C(C)C. The largest absolute Gasteiger partial charge is 0.467 e. The number of halogens is 1. The number of piperidine rings is 1. The van der Waals surface area contributed by atoms with Crippen LogP contribution in [0.2, 0.25) is 0 Å². The molecule has 346 valence electrons. The second kappa shape index (κ2) is 26.1. The smallest absolute Gasteiger partial charge is 0.328 e. The Hall–Kier alpha value is -2.84. The molecule has 0 aromatic heterocycles. The number of nitrogens with zero attached hydrogens (tertiary/aromatic N) is 2. The number of alkyl halides is 1. The topological polar surface area (TPSA) is 143 Å². The quantitative estimate of drug-likeness (QED) is 0.0405. The number of amides is 2. The number of carbonyl (C=O) groups excluding carboxylic acids is 5. The predicted octanol–water partition coefficient (Wildman–Crippen LogP) is 9.70. The number of carbonyl (C=O) groups is 5. The normalized spacial score (nSPS) is 20.3. The van der Waals surface area contributed by atoms with E-state index >= 15 is 0 Å². The number of unbranched alkanes of at least 4 members (excludes halogenated alkanes) is 1. The molecule has 2 N–H and O–H groups in total. The van der Waals surface area contributed by atoms with Crippen LogP contribution in [0, 0.1) is 29.6 Å². The minimum atomic E-state index is -0.941. The lowest BCUT2D eigenvalue weighted by atomic mass is 9.80. The van der Waals surface area contributed by atoms with Gasteiger partial charge in [-0.15, -0.1) is 0 Å². The van der Waals surface area contributed by atoms with Crippen LogP contribution in [0.4, 0.5) is 0 Å². The summed E-state index contributed by atoms with van der Waals surface area (Å²) in [5, 5.41) is 14.7. The summed E-state index contributed by atoms with van der Waals surface area (Å²) >= 11 is 2.41. The highest BCUT2D eigenvalue weighted by Gasteiger charge is 2.46. The van der Waals surface area contributed by atoms with Gasteiger partial charge in [0.15, 0.2) is 5.78 Å². The van der Waals surface area contributed by atoms with Crippen molar-refractivity contribution in [3.8, 4) is 0 Å². The number of ketones is 1. The monoisotopic (exact) mass is 965 g/mol. The maximum atomic E-state index is 14.2. The van der Waals surface area contributed by atoms with Crippen LogP contribution in [0.5, 0.6) is 0 Å². The first-order valence-corrected chi connectivity index (χ1v) is 24.0. The zero-order chi connectivity index (χ0) is 46.1. The first kappa shape index (κ1) is 54.3. The number of Topliss-reactive ketones (excluding diaryl/α,β-unsaturated/α-hetero) is 1. The molecule has 12 heteroatoms. The van der Waals surface area contributed by atoms with E-state index in [2.05, 4.69) is 68.6 Å². The van der Waals surface area contributed by atoms with Crippen LogP contribution >= 0.6 is 22.6 Å². The Morgan fingerprint density at radius 3 is 2.10 bits per heavy atom. The molecule has 0 bridgehead atoms. The maximum absolute atomic E-state index is 14.2. The fourth-order valence-corrected chi connectivity index (χ4v) is 8.61. The second-order valence-corrected chi connectivity index (χ2v) is 21.6. The Balaban J connectivity index is 0.00000241. The van der Waals surface area contributed by atoms with Crippen molar-refractivity contribution in [2.24, 2.45) is 29.6 Å². The van der Waals surface area contributed by atoms with Crippen molar-refractivity contribution >= 4 is 52.1 Å². The molecule has 11 nitrogen and oxygen atoms in total. The number of benzene rings is 1. The minimum Gasteiger partial charge on any atom is -0.467 e. The zero-order valence-electron chi connectivity index (χ0n) is 39.5. The third-order valence-corrected chi connectivity index (χ3v) is 12.9. The molecule has 1 aromatic carbocycles. The maximum Gasteiger partial charge on any atom is 0.328 e. The zero-order valence-corrected chi connectivity index (χ0v) is 41.7. The van der Waals surface area contributed by atoms with E-state index in [1.807, 2.05) is 78.0 Å². The Kier molecular flexibility index (Phi) is 23.2. The van der Waals surface area contributed by atoms with Crippen molar-refractivity contribution in [3.05, 3.63) is 48.0 Å². The van der Waals surface area contributed by atoms with Crippen LogP contribution < -0.4 is 5.32 Å². The van der Waals surface area contributed by atoms with Crippen molar-refractivity contribution in [3.63, 3.8) is 0 Å². The van der Waals surface area contributed by atoms with Crippen molar-refractivity contribution in [1.82, 2.24) is 15.3 Å². The second-order valence-electron chi connectivity index (χ2n) is 19.5. The standard InChI is InChI=1S/C45H71N3O8.C4H9I/c1-30(2)25-32(5)22-23-34(26-33-17-12-11-13-18-33)42(52)47-24-16-20-38(47)39(49)27-36(31(3)4)41(51)46-37(43(53)55-10)19-14-15-21-40(50)56-35-28-44(6,7)48(54)45(8,9)29-35;1-3-4(2)5/h11-13,17-18,22-23,30-32,34-38,54H,14-16,19-21,24-29H2,1-10H3,(H,46,51);4H,3H2,1-2H3/b23-22+;/t32-,34-,36+,37+,38+;/m1./s1. The van der Waals surface area contributed by atoms with Gasteiger partial charge in [0, 0.05) is 53.1 Å². The third-order valence-electron chi connectivity index (χ3n) is 12.0. The summed E-state index contributed by atoms with van der Waals surface area (Å²) < 4.78 is 11.7. The Morgan fingerprint density at radius 1 is 0.951 bits per heavy atom. The van der Waals surface area contributed by atoms with Gasteiger partial charge in [-0.3, -0.25) is 19.2 Å². The van der Waals surface area contributed by atoms with Gasteiger partial charge in [-0.05, 0) is 96.0 Å². The van der Waals surface area contributed by atoms with Gasteiger partial charge in [0.2, 0.25) is 11.8 Å². The highest BCUT2D eigenvalue weighted by molar-refractivity contribution is 14.1. The van der Waals surface area contributed by atoms with E-state index in [0.29, 0.717) is 63.3 Å². The molecule has 0 aliphatic carbocycles. The van der Waals surface area contributed by atoms with Gasteiger partial charge < -0.3 is 24.9 Å². The molecule has 6 atom stereocenters. The summed E-state index contributed by atoms with van der Waals surface area (Å²) in [4.78, 5) is 69.2. The predicted molar refractivity (Wildman–Crippen MR) is 251 cm³/mol. The number of ether oxygens (including phenoxy) is 2. The summed E-state index contributed by atoms with van der Waals surface area (Å²) in [6.45, 7) is 22.8. The van der Waals surface area contributed by atoms with E-state index in [9.17, 15) is 29.2 Å². The highest BCUT2D eigenvalue weighted by atomic mass is 127. The van der Waals surface area contributed by atoms with Gasteiger partial charge in [0.25, 0.3) is 0 Å². The van der Waals surface area contributed by atoms with Crippen LogP contribution in [-0.2, 0) is 39.9 Å². The number of rotatable bonds is 21. The lowest BCUT2D eigenvalue weighted by molar-refractivity contribution is -0.259. The molecule has 61 heavy (non-hydrogen) atoms. The van der Waals surface area contributed by atoms with Crippen molar-refractivity contribution in [2.75, 3.05) is 13.7 Å². The molecule has 3 rings (SSSR count). The molecule has 1 unspecified atom stereocenters. The average molecular weight is 966 g/mol. The van der Waals surface area contributed by atoms with Crippen molar-refractivity contribution in [2.45, 2.75) is 186 Å². The number of hydroxylamine groups is 2. The number of esters is 2. The lowest BCUT2D eigenvalue weighted by Crippen LogP contribution is -2.60. The summed E-state index contributed by atoms with van der Waals surface area (Å²) in [5.74, 6) is -2.04. The summed E-state index contributed by atoms with van der Waals surface area (Å²) in [6.07, 6.45) is 10.2. The molecule has 0 radical (unpaired) electrons. The number of methoxy groups -OCH3 is 1. The lowest BCUT2D eigenvalue weighted by Gasteiger charge is -2.50. The Labute approximate surface area is 382 Å². The van der Waals surface area contributed by atoms with Gasteiger partial charge in [-0.25, -0.2) is 4.79 Å². The van der Waals surface area contributed by atoms with Gasteiger partial charge in [-0.2, -0.15) is 5.06 Å². The number of hydrogen-bond donors (Lipinski definition) is 2. The van der Waals surface area contributed by atoms with E-state index in [1.165, 1.54) is 18.6 Å². The van der Waals surface area contributed by atoms with E-state index in [4.69, 9.17) is 9.47 Å². The number of nitrogens with one attached hydrogen (secondary N) is 1. The molecule has 1 aromatic rings. The van der Waals surface area contributed by atoms with Crippen LogP contribution in [0.3, 0.4) is 0 Å². The fourth-order valence-electron chi connectivity index (χ4n) is 8.61. The molecule has 2 saturated heterocycles. The first-order valence-electron chi connectivity index (χ1n) is 22.8. The fraction of sp³-hybridized carbons (Fsp3) is 0.735. The van der Waals surface area contributed by atoms with Crippen LogP contribution in [-0.4, -0.2) is 91.6 Å². The molecule has 2 amide bonds. The minimum absolute atomic E-state index is 0.0505. The average Bonchev–Trinajstić information content (AvgIpc) is 3.68. The molecular formula is C49H80IN3O8. The van der Waals surface area contributed by atoms with E-state index in [-0.39, 0.29) is 48.9 Å². The van der Waals surface area contributed by atoms with E-state index in [0.717, 1.165) is 15.9 Å². The first-order chi connectivity index (χ1) is 28.5. The van der Waals surface area contributed by atoms with Crippen molar-refractivity contribution < 1.29 is 38.7 Å².